The monoisotopic (exact) mass is 253 g/mol. The van der Waals surface area contributed by atoms with Gasteiger partial charge in [-0.3, -0.25) is 0 Å². The predicted octanol–water partition coefficient (Wildman–Crippen LogP) is 1.86. The van der Waals surface area contributed by atoms with Gasteiger partial charge in [-0.1, -0.05) is 0 Å². The molecule has 1 saturated carbocycles. The van der Waals surface area contributed by atoms with E-state index in [0.717, 1.165) is 17.9 Å². The first kappa shape index (κ1) is 12.2. The molecule has 92 valence electrons. The molecule has 1 heterocycles. The quantitative estimate of drug-likeness (QED) is 0.616. The van der Waals surface area contributed by atoms with E-state index in [1.54, 1.807) is 13.0 Å². The van der Waals surface area contributed by atoms with E-state index in [2.05, 4.69) is 15.3 Å². The number of aliphatic carboxylic acids is 1. The van der Waals surface area contributed by atoms with Gasteiger partial charge in [0.1, 0.15) is 22.7 Å². The van der Waals surface area contributed by atoms with Crippen molar-refractivity contribution in [1.29, 1.82) is 0 Å². The molecule has 1 atom stereocenters. The number of carboxylic acid groups (broad SMARTS) is 1. The third-order valence-electron chi connectivity index (χ3n) is 3.08. The summed E-state index contributed by atoms with van der Waals surface area (Å²) in [4.78, 5) is 19.5. The number of aromatic nitrogens is 2. The Kier molecular flexibility index (Phi) is 3.24. The second-order valence-corrected chi connectivity index (χ2v) is 5.18. The van der Waals surface area contributed by atoms with Gasteiger partial charge in [-0.15, -0.1) is 11.8 Å². The van der Waals surface area contributed by atoms with Gasteiger partial charge in [0.15, 0.2) is 0 Å². The topological polar surface area (TPSA) is 75.1 Å². The zero-order chi connectivity index (χ0) is 12.5. The maximum atomic E-state index is 11.4. The fourth-order valence-electron chi connectivity index (χ4n) is 1.78. The fourth-order valence-corrected chi connectivity index (χ4v) is 2.16. The van der Waals surface area contributed by atoms with Gasteiger partial charge in [-0.05, 0) is 31.9 Å². The van der Waals surface area contributed by atoms with Crippen LogP contribution in [-0.4, -0.2) is 32.8 Å². The maximum absolute atomic E-state index is 11.4. The van der Waals surface area contributed by atoms with Crippen LogP contribution in [0.1, 0.15) is 19.8 Å². The van der Waals surface area contributed by atoms with Crippen LogP contribution >= 0.6 is 11.8 Å². The third-order valence-corrected chi connectivity index (χ3v) is 3.72. The van der Waals surface area contributed by atoms with Crippen LogP contribution < -0.4 is 5.32 Å². The number of carboxylic acids is 1. The van der Waals surface area contributed by atoms with Crippen molar-refractivity contribution in [2.24, 2.45) is 5.92 Å². The minimum atomic E-state index is -0.927. The minimum Gasteiger partial charge on any atom is -0.480 e. The van der Waals surface area contributed by atoms with Crippen LogP contribution in [0.5, 0.6) is 0 Å². The summed E-state index contributed by atoms with van der Waals surface area (Å²) < 4.78 is 0. The van der Waals surface area contributed by atoms with Gasteiger partial charge in [0.05, 0.1) is 0 Å². The molecule has 0 aromatic carbocycles. The van der Waals surface area contributed by atoms with E-state index in [0.29, 0.717) is 5.82 Å². The highest BCUT2D eigenvalue weighted by molar-refractivity contribution is 7.98. The van der Waals surface area contributed by atoms with Gasteiger partial charge in [-0.2, -0.15) is 0 Å². The molecule has 5 nitrogen and oxygen atoms in total. The standard InChI is InChI=1S/C11H15N3O2S/c1-11(10(15)16,7-3-4-7)14-8-5-9(17-2)13-6-12-8/h5-7H,3-4H2,1-2H3,(H,15,16)(H,12,13,14). The summed E-state index contributed by atoms with van der Waals surface area (Å²) in [5, 5.41) is 13.2. The molecule has 1 aliphatic rings. The molecule has 0 aliphatic heterocycles. The lowest BCUT2D eigenvalue weighted by Gasteiger charge is -2.26. The Balaban J connectivity index is 2.20. The van der Waals surface area contributed by atoms with Crippen LogP contribution in [0.4, 0.5) is 5.82 Å². The molecule has 1 aromatic heterocycles. The van der Waals surface area contributed by atoms with E-state index in [1.807, 2.05) is 6.26 Å². The lowest BCUT2D eigenvalue weighted by atomic mass is 9.96. The van der Waals surface area contributed by atoms with E-state index < -0.39 is 11.5 Å². The van der Waals surface area contributed by atoms with Gasteiger partial charge in [0.2, 0.25) is 0 Å². The number of thioether (sulfide) groups is 1. The number of carbonyl (C=O) groups is 1. The van der Waals surface area contributed by atoms with Gasteiger partial charge >= 0.3 is 5.97 Å². The highest BCUT2D eigenvalue weighted by Crippen LogP contribution is 2.41. The molecule has 0 saturated heterocycles. The van der Waals surface area contributed by atoms with E-state index in [1.165, 1.54) is 18.1 Å². The fraction of sp³-hybridized carbons (Fsp3) is 0.545. The van der Waals surface area contributed by atoms with E-state index in [-0.39, 0.29) is 5.92 Å². The Labute approximate surface area is 104 Å². The van der Waals surface area contributed by atoms with Crippen molar-refractivity contribution in [3.05, 3.63) is 12.4 Å². The second-order valence-electron chi connectivity index (χ2n) is 4.35. The summed E-state index contributed by atoms with van der Waals surface area (Å²) >= 11 is 1.50. The Hall–Kier alpha value is -1.30. The summed E-state index contributed by atoms with van der Waals surface area (Å²) in [5.41, 5.74) is -0.927. The molecule has 1 fully saturated rings. The molecule has 1 aliphatic carbocycles. The Morgan fingerprint density at radius 1 is 1.59 bits per heavy atom. The van der Waals surface area contributed by atoms with Gasteiger partial charge in [0, 0.05) is 6.07 Å². The van der Waals surface area contributed by atoms with Crippen molar-refractivity contribution in [2.75, 3.05) is 11.6 Å². The van der Waals surface area contributed by atoms with Crippen LogP contribution in [0.3, 0.4) is 0 Å². The molecule has 0 amide bonds. The molecule has 17 heavy (non-hydrogen) atoms. The van der Waals surface area contributed by atoms with Crippen molar-refractivity contribution in [1.82, 2.24) is 9.97 Å². The van der Waals surface area contributed by atoms with Crippen molar-refractivity contribution in [3.8, 4) is 0 Å². The maximum Gasteiger partial charge on any atom is 0.329 e. The average Bonchev–Trinajstić information content (AvgIpc) is 3.13. The molecule has 1 unspecified atom stereocenters. The molecule has 0 spiro atoms. The molecule has 0 radical (unpaired) electrons. The van der Waals surface area contributed by atoms with Gasteiger partial charge in [-0.25, -0.2) is 14.8 Å². The lowest BCUT2D eigenvalue weighted by Crippen LogP contribution is -2.45. The summed E-state index contributed by atoms with van der Waals surface area (Å²) in [6.07, 6.45) is 5.28. The number of hydrogen-bond donors (Lipinski definition) is 2. The minimum absolute atomic E-state index is 0.188. The van der Waals surface area contributed by atoms with E-state index >= 15 is 0 Å². The number of rotatable bonds is 5. The molecule has 2 N–H and O–H groups in total. The van der Waals surface area contributed by atoms with Crippen molar-refractivity contribution in [2.45, 2.75) is 30.3 Å². The Bertz CT molecular complexity index is 436. The largest absolute Gasteiger partial charge is 0.480 e. The van der Waals surface area contributed by atoms with E-state index in [9.17, 15) is 9.90 Å². The van der Waals surface area contributed by atoms with Crippen LogP contribution in [0.15, 0.2) is 17.4 Å². The SMILES string of the molecule is CSc1cc(NC(C)(C(=O)O)C2CC2)ncn1. The van der Waals surface area contributed by atoms with Gasteiger partial charge < -0.3 is 10.4 Å². The average molecular weight is 253 g/mol. The second kappa shape index (κ2) is 4.52. The van der Waals surface area contributed by atoms with Gasteiger partial charge in [0.25, 0.3) is 0 Å². The molecule has 6 heteroatoms. The zero-order valence-corrected chi connectivity index (χ0v) is 10.6. The zero-order valence-electron chi connectivity index (χ0n) is 9.80. The van der Waals surface area contributed by atoms with Crippen molar-refractivity contribution < 1.29 is 9.90 Å². The lowest BCUT2D eigenvalue weighted by molar-refractivity contribution is -0.142. The predicted molar refractivity (Wildman–Crippen MR) is 66.2 cm³/mol. The summed E-state index contributed by atoms with van der Waals surface area (Å²) in [5.74, 6) is -0.0711. The van der Waals surface area contributed by atoms with Crippen LogP contribution in [0.25, 0.3) is 0 Å². The first-order chi connectivity index (χ1) is 8.06. The molecule has 1 aromatic rings. The molecular weight excluding hydrogens is 238 g/mol. The summed E-state index contributed by atoms with van der Waals surface area (Å²) in [6, 6.07) is 1.77. The highest BCUT2D eigenvalue weighted by Gasteiger charge is 2.47. The first-order valence-corrected chi connectivity index (χ1v) is 6.66. The van der Waals surface area contributed by atoms with E-state index in [4.69, 9.17) is 0 Å². The Morgan fingerprint density at radius 2 is 2.29 bits per heavy atom. The van der Waals surface area contributed by atoms with Crippen LogP contribution in [0, 0.1) is 5.92 Å². The first-order valence-electron chi connectivity index (χ1n) is 5.44. The highest BCUT2D eigenvalue weighted by atomic mass is 32.2. The number of nitrogens with one attached hydrogen (secondary N) is 1. The molecule has 2 rings (SSSR count). The summed E-state index contributed by atoms with van der Waals surface area (Å²) in [6.45, 7) is 1.72. The number of anilines is 1. The third kappa shape index (κ3) is 2.52. The smallest absolute Gasteiger partial charge is 0.329 e. The van der Waals surface area contributed by atoms with Crippen molar-refractivity contribution >= 4 is 23.5 Å². The van der Waals surface area contributed by atoms with Crippen LogP contribution in [0.2, 0.25) is 0 Å². The Morgan fingerprint density at radius 3 is 2.82 bits per heavy atom. The normalized spacial score (nSPS) is 18.5. The van der Waals surface area contributed by atoms with Crippen molar-refractivity contribution in [3.63, 3.8) is 0 Å². The molecular formula is C11H15N3O2S. The molecule has 0 bridgehead atoms. The summed E-state index contributed by atoms with van der Waals surface area (Å²) in [7, 11) is 0. The van der Waals surface area contributed by atoms with Crippen LogP contribution in [-0.2, 0) is 4.79 Å². The number of hydrogen-bond acceptors (Lipinski definition) is 5. The number of nitrogens with zero attached hydrogens (tertiary/aromatic N) is 2.